The summed E-state index contributed by atoms with van der Waals surface area (Å²) in [5, 5.41) is 0.776. The Kier molecular flexibility index (Phi) is 7.33. The van der Waals surface area contributed by atoms with Crippen molar-refractivity contribution in [3.05, 3.63) is 53.1 Å². The number of aromatic nitrogens is 1. The van der Waals surface area contributed by atoms with Crippen LogP contribution in [0.4, 0.5) is 5.13 Å². The molecule has 4 nitrogen and oxygen atoms in total. The van der Waals surface area contributed by atoms with Gasteiger partial charge < -0.3 is 4.90 Å². The minimum Gasteiger partial charge on any atom is -0.302 e. The van der Waals surface area contributed by atoms with Crippen molar-refractivity contribution in [3.63, 3.8) is 0 Å². The molecule has 0 bridgehead atoms. The average Bonchev–Trinajstić information content (AvgIpc) is 3.13. The summed E-state index contributed by atoms with van der Waals surface area (Å²) in [6.45, 7) is 11.9. The van der Waals surface area contributed by atoms with Crippen LogP contribution in [0.25, 0.3) is 10.2 Å². The highest BCUT2D eigenvalue weighted by molar-refractivity contribution is 7.98. The Balaban J connectivity index is 2.01. The Hall–Kier alpha value is -1.89. The summed E-state index contributed by atoms with van der Waals surface area (Å²) in [5.74, 6) is 0.0228. The predicted octanol–water partition coefficient (Wildman–Crippen LogP) is 5.62. The lowest BCUT2D eigenvalue weighted by molar-refractivity contribution is 0.0981. The van der Waals surface area contributed by atoms with Crippen molar-refractivity contribution in [1.29, 1.82) is 0 Å². The van der Waals surface area contributed by atoms with E-state index in [0.29, 0.717) is 6.54 Å². The van der Waals surface area contributed by atoms with E-state index in [4.69, 9.17) is 4.98 Å². The zero-order valence-corrected chi connectivity index (χ0v) is 19.5. The van der Waals surface area contributed by atoms with Gasteiger partial charge in [0.1, 0.15) is 0 Å². The fraction of sp³-hybridized carbons (Fsp3) is 0.391. The number of thiazole rings is 1. The first-order valence-electron chi connectivity index (χ1n) is 10.0. The summed E-state index contributed by atoms with van der Waals surface area (Å²) in [4.78, 5) is 23.6. The van der Waals surface area contributed by atoms with Gasteiger partial charge >= 0.3 is 0 Å². The van der Waals surface area contributed by atoms with Gasteiger partial charge in [0.25, 0.3) is 5.91 Å². The van der Waals surface area contributed by atoms with Crippen LogP contribution < -0.4 is 4.90 Å². The number of thioether (sulfide) groups is 1. The number of hydrogen-bond acceptors (Lipinski definition) is 5. The number of fused-ring (bicyclic) bond motifs is 1. The van der Waals surface area contributed by atoms with E-state index in [0.717, 1.165) is 45.4 Å². The van der Waals surface area contributed by atoms with Crippen LogP contribution in [0.5, 0.6) is 0 Å². The van der Waals surface area contributed by atoms with E-state index in [1.807, 2.05) is 35.4 Å². The number of likely N-dealkylation sites (N-methyl/N-ethyl adjacent to an activating group) is 1. The fourth-order valence-electron chi connectivity index (χ4n) is 3.32. The lowest BCUT2D eigenvalue weighted by Crippen LogP contribution is -2.39. The van der Waals surface area contributed by atoms with Crippen molar-refractivity contribution < 1.29 is 4.79 Å². The fourth-order valence-corrected chi connectivity index (χ4v) is 4.98. The summed E-state index contributed by atoms with van der Waals surface area (Å²) in [7, 11) is 0. The van der Waals surface area contributed by atoms with Gasteiger partial charge in [0.2, 0.25) is 0 Å². The highest BCUT2D eigenvalue weighted by atomic mass is 32.2. The molecule has 0 atom stereocenters. The zero-order valence-electron chi connectivity index (χ0n) is 17.9. The monoisotopic (exact) mass is 427 g/mol. The molecule has 0 N–H and O–H groups in total. The summed E-state index contributed by atoms with van der Waals surface area (Å²) in [6, 6.07) is 12.1. The normalized spacial score (nSPS) is 11.4. The lowest BCUT2D eigenvalue weighted by Gasteiger charge is -2.25. The number of aryl methyl sites for hydroxylation is 2. The molecule has 3 aromatic rings. The standard InChI is InChI=1S/C23H29N3OS2/c1-6-25(7-2)12-13-26(22(27)18-10-8-9-11-20(18)28-5)23-24-19-14-16(3)17(4)15-21(19)29-23/h8-11,14-15H,6-7,12-13H2,1-5H3. The van der Waals surface area contributed by atoms with Gasteiger partial charge in [-0.05, 0) is 68.6 Å². The van der Waals surface area contributed by atoms with Crippen molar-refractivity contribution in [2.45, 2.75) is 32.6 Å². The molecule has 0 unspecified atom stereocenters. The van der Waals surface area contributed by atoms with Crippen molar-refractivity contribution in [2.75, 3.05) is 37.3 Å². The van der Waals surface area contributed by atoms with Gasteiger partial charge in [0, 0.05) is 18.0 Å². The summed E-state index contributed by atoms with van der Waals surface area (Å²) in [6.07, 6.45) is 2.01. The van der Waals surface area contributed by atoms with Gasteiger partial charge in [-0.1, -0.05) is 37.3 Å². The van der Waals surface area contributed by atoms with Crippen LogP contribution >= 0.6 is 23.1 Å². The van der Waals surface area contributed by atoms with Crippen molar-refractivity contribution >= 4 is 44.4 Å². The number of amides is 1. The average molecular weight is 428 g/mol. The minimum absolute atomic E-state index is 0.0228. The SMILES string of the molecule is CCN(CC)CCN(C(=O)c1ccccc1SC)c1nc2cc(C)c(C)cc2s1. The molecule has 0 spiro atoms. The molecule has 0 aliphatic carbocycles. The first-order valence-corrected chi connectivity index (χ1v) is 12.1. The maximum atomic E-state index is 13.6. The lowest BCUT2D eigenvalue weighted by atomic mass is 10.1. The van der Waals surface area contributed by atoms with Crippen molar-refractivity contribution in [2.24, 2.45) is 0 Å². The molecule has 0 saturated carbocycles. The second-order valence-corrected chi connectivity index (χ2v) is 8.94. The molecule has 0 radical (unpaired) electrons. The number of anilines is 1. The minimum atomic E-state index is 0.0228. The molecule has 6 heteroatoms. The Morgan fingerprint density at radius 3 is 2.45 bits per heavy atom. The molecule has 0 aliphatic heterocycles. The second kappa shape index (κ2) is 9.74. The molecule has 3 rings (SSSR count). The van der Waals surface area contributed by atoms with E-state index in [1.54, 1.807) is 23.1 Å². The van der Waals surface area contributed by atoms with E-state index >= 15 is 0 Å². The van der Waals surface area contributed by atoms with Crippen LogP contribution in [0.3, 0.4) is 0 Å². The third-order valence-electron chi connectivity index (χ3n) is 5.34. The molecular formula is C23H29N3OS2. The molecule has 0 aliphatic rings. The van der Waals surface area contributed by atoms with Crippen LogP contribution in [0.15, 0.2) is 41.3 Å². The Bertz CT molecular complexity index is 956. The number of nitrogens with zero attached hydrogens (tertiary/aromatic N) is 3. The second-order valence-electron chi connectivity index (χ2n) is 7.08. The maximum Gasteiger partial charge on any atom is 0.261 e. The third-order valence-corrected chi connectivity index (χ3v) is 7.18. The van der Waals surface area contributed by atoms with E-state index in [1.165, 1.54) is 11.1 Å². The highest BCUT2D eigenvalue weighted by Gasteiger charge is 2.23. The van der Waals surface area contributed by atoms with E-state index < -0.39 is 0 Å². The van der Waals surface area contributed by atoms with Crippen LogP contribution in [-0.4, -0.2) is 48.2 Å². The quantitative estimate of drug-likeness (QED) is 0.437. The molecule has 0 fully saturated rings. The predicted molar refractivity (Wildman–Crippen MR) is 127 cm³/mol. The van der Waals surface area contributed by atoms with E-state index in [2.05, 4.69) is 44.7 Å². The molecule has 2 aromatic carbocycles. The first kappa shape index (κ1) is 21.8. The molecule has 29 heavy (non-hydrogen) atoms. The van der Waals surface area contributed by atoms with Gasteiger partial charge in [-0.15, -0.1) is 11.8 Å². The summed E-state index contributed by atoms with van der Waals surface area (Å²) >= 11 is 3.20. The van der Waals surface area contributed by atoms with Gasteiger partial charge in [-0.2, -0.15) is 0 Å². The molecular weight excluding hydrogens is 398 g/mol. The molecule has 1 amide bonds. The Morgan fingerprint density at radius 1 is 1.07 bits per heavy atom. The third kappa shape index (κ3) is 4.82. The Labute approximate surface area is 181 Å². The topological polar surface area (TPSA) is 36.4 Å². The zero-order chi connectivity index (χ0) is 21.0. The van der Waals surface area contributed by atoms with E-state index in [-0.39, 0.29) is 5.91 Å². The number of carbonyl (C=O) groups excluding carboxylic acids is 1. The number of benzene rings is 2. The molecule has 1 heterocycles. The van der Waals surface area contributed by atoms with Gasteiger partial charge in [0.15, 0.2) is 5.13 Å². The molecule has 154 valence electrons. The number of carbonyl (C=O) groups is 1. The van der Waals surface area contributed by atoms with Gasteiger partial charge in [0.05, 0.1) is 15.8 Å². The van der Waals surface area contributed by atoms with Crippen LogP contribution in [0.1, 0.15) is 35.3 Å². The smallest absolute Gasteiger partial charge is 0.261 e. The maximum absolute atomic E-state index is 13.6. The Morgan fingerprint density at radius 2 is 1.76 bits per heavy atom. The van der Waals surface area contributed by atoms with Gasteiger partial charge in [-0.3, -0.25) is 9.69 Å². The number of rotatable bonds is 8. The van der Waals surface area contributed by atoms with E-state index in [9.17, 15) is 4.79 Å². The summed E-state index contributed by atoms with van der Waals surface area (Å²) in [5.41, 5.74) is 4.18. The van der Waals surface area contributed by atoms with Crippen molar-refractivity contribution in [3.8, 4) is 0 Å². The first-order chi connectivity index (χ1) is 14.0. The largest absolute Gasteiger partial charge is 0.302 e. The number of hydrogen-bond donors (Lipinski definition) is 0. The van der Waals surface area contributed by atoms with Crippen LogP contribution in [0, 0.1) is 13.8 Å². The molecule has 1 aromatic heterocycles. The highest BCUT2D eigenvalue weighted by Crippen LogP contribution is 2.32. The van der Waals surface area contributed by atoms with Crippen molar-refractivity contribution in [1.82, 2.24) is 9.88 Å². The van der Waals surface area contributed by atoms with Gasteiger partial charge in [-0.25, -0.2) is 4.98 Å². The van der Waals surface area contributed by atoms with Crippen LogP contribution in [0.2, 0.25) is 0 Å². The summed E-state index contributed by atoms with van der Waals surface area (Å²) < 4.78 is 1.13. The molecule has 0 saturated heterocycles. The van der Waals surface area contributed by atoms with Crippen LogP contribution in [-0.2, 0) is 0 Å².